The Morgan fingerprint density at radius 3 is 2.29 bits per heavy atom. The molecule has 1 aliphatic rings. The molecule has 0 spiro atoms. The highest BCUT2D eigenvalue weighted by Gasteiger charge is 2.32. The van der Waals surface area contributed by atoms with Crippen LogP contribution in [0.15, 0.2) is 65.9 Å². The Morgan fingerprint density at radius 1 is 0.968 bits per heavy atom. The predicted molar refractivity (Wildman–Crippen MR) is 113 cm³/mol. The molecule has 1 N–H and O–H groups in total. The second-order valence-electron chi connectivity index (χ2n) is 6.75. The van der Waals surface area contributed by atoms with Crippen molar-refractivity contribution in [2.45, 2.75) is 6.42 Å². The van der Waals surface area contributed by atoms with E-state index < -0.39 is 11.9 Å². The molecule has 3 rings (SSSR count). The van der Waals surface area contributed by atoms with E-state index in [1.54, 1.807) is 24.3 Å². The molecule has 0 bridgehead atoms. The minimum Gasteiger partial charge on any atom is -0.466 e. The number of benzene rings is 2. The molecule has 8 nitrogen and oxygen atoms in total. The first kappa shape index (κ1) is 22.0. The number of rotatable bonds is 7. The molecule has 162 valence electrons. The molecule has 2 aromatic rings. The molecular formula is C23H24N2O6. The molecule has 1 amide bonds. The molecule has 0 atom stereocenters. The van der Waals surface area contributed by atoms with Crippen LogP contribution in [0.2, 0.25) is 0 Å². The Balaban J connectivity index is 1.72. The van der Waals surface area contributed by atoms with E-state index in [0.717, 1.165) is 12.0 Å². The van der Waals surface area contributed by atoms with E-state index in [2.05, 4.69) is 5.32 Å². The average Bonchev–Trinajstić information content (AvgIpc) is 2.83. The Morgan fingerprint density at radius 2 is 1.65 bits per heavy atom. The quantitative estimate of drug-likeness (QED) is 0.680. The summed E-state index contributed by atoms with van der Waals surface area (Å²) >= 11 is 0. The molecule has 0 saturated heterocycles. The topological polar surface area (TPSA) is 94.2 Å². The number of esters is 2. The Kier molecular flexibility index (Phi) is 7.40. The summed E-state index contributed by atoms with van der Waals surface area (Å²) in [7, 11) is 2.47. The van der Waals surface area contributed by atoms with Crippen molar-refractivity contribution in [3.05, 3.63) is 77.0 Å². The molecule has 0 unspecified atom stereocenters. The molecule has 0 radical (unpaired) electrons. The van der Waals surface area contributed by atoms with Crippen molar-refractivity contribution in [1.29, 1.82) is 0 Å². The van der Waals surface area contributed by atoms with Gasteiger partial charge >= 0.3 is 11.9 Å². The van der Waals surface area contributed by atoms with Gasteiger partial charge in [0.05, 0.1) is 26.4 Å². The largest absolute Gasteiger partial charge is 0.466 e. The number of ether oxygens (including phenoxy) is 3. The predicted octanol–water partition coefficient (Wildman–Crippen LogP) is 2.05. The van der Waals surface area contributed by atoms with Gasteiger partial charge in [-0.1, -0.05) is 30.3 Å². The second kappa shape index (κ2) is 10.4. The molecule has 0 saturated carbocycles. The summed E-state index contributed by atoms with van der Waals surface area (Å²) < 4.78 is 15.0. The van der Waals surface area contributed by atoms with Crippen LogP contribution >= 0.6 is 0 Å². The number of nitrogens with one attached hydrogen (secondary N) is 1. The zero-order chi connectivity index (χ0) is 22.2. The van der Waals surface area contributed by atoms with Crippen molar-refractivity contribution in [2.24, 2.45) is 0 Å². The zero-order valence-corrected chi connectivity index (χ0v) is 17.4. The van der Waals surface area contributed by atoms with Gasteiger partial charge in [-0.05, 0) is 36.2 Å². The van der Waals surface area contributed by atoms with Crippen molar-refractivity contribution in [1.82, 2.24) is 5.32 Å². The van der Waals surface area contributed by atoms with Gasteiger partial charge in [0.2, 0.25) is 0 Å². The summed E-state index contributed by atoms with van der Waals surface area (Å²) in [4.78, 5) is 38.4. The van der Waals surface area contributed by atoms with E-state index in [1.807, 2.05) is 30.3 Å². The van der Waals surface area contributed by atoms with Crippen LogP contribution in [0.25, 0.3) is 0 Å². The van der Waals surface area contributed by atoms with Crippen LogP contribution in [-0.4, -0.2) is 51.9 Å². The maximum atomic E-state index is 12.4. The van der Waals surface area contributed by atoms with Crippen LogP contribution in [0.3, 0.4) is 0 Å². The van der Waals surface area contributed by atoms with Crippen molar-refractivity contribution >= 4 is 23.5 Å². The van der Waals surface area contributed by atoms with Crippen LogP contribution in [0, 0.1) is 0 Å². The molecule has 8 heteroatoms. The minimum absolute atomic E-state index is 0.0492. The Hall–Kier alpha value is -3.65. The van der Waals surface area contributed by atoms with Crippen molar-refractivity contribution in [2.75, 3.05) is 39.0 Å². The number of nitrogens with zero attached hydrogens (tertiary/aromatic N) is 1. The summed E-state index contributed by atoms with van der Waals surface area (Å²) in [5.74, 6) is -1.54. The van der Waals surface area contributed by atoms with Gasteiger partial charge in [-0.3, -0.25) is 4.79 Å². The third-order valence-corrected chi connectivity index (χ3v) is 4.82. The third kappa shape index (κ3) is 5.29. The molecule has 2 aromatic carbocycles. The van der Waals surface area contributed by atoms with Crippen LogP contribution < -0.4 is 10.2 Å². The van der Waals surface area contributed by atoms with E-state index >= 15 is 0 Å². The van der Waals surface area contributed by atoms with Crippen molar-refractivity contribution in [3.63, 3.8) is 0 Å². The number of hydrogen-bond acceptors (Lipinski definition) is 7. The normalized spacial score (nSPS) is 13.5. The lowest BCUT2D eigenvalue weighted by Gasteiger charge is -2.31. The van der Waals surface area contributed by atoms with E-state index in [-0.39, 0.29) is 30.5 Å². The summed E-state index contributed by atoms with van der Waals surface area (Å²) in [6.07, 6.45) is 0.735. The number of methoxy groups -OCH3 is 2. The monoisotopic (exact) mass is 424 g/mol. The number of amides is 1. The van der Waals surface area contributed by atoms with Crippen LogP contribution in [0.4, 0.5) is 5.69 Å². The third-order valence-electron chi connectivity index (χ3n) is 4.82. The van der Waals surface area contributed by atoms with Gasteiger partial charge < -0.3 is 24.4 Å². The Labute approximate surface area is 180 Å². The number of hydrogen-bond donors (Lipinski definition) is 1. The molecular weight excluding hydrogens is 400 g/mol. The van der Waals surface area contributed by atoms with E-state index in [4.69, 9.17) is 14.2 Å². The van der Waals surface area contributed by atoms with E-state index in [0.29, 0.717) is 17.8 Å². The first-order valence-corrected chi connectivity index (χ1v) is 9.72. The van der Waals surface area contributed by atoms with Crippen LogP contribution in [0.1, 0.15) is 15.9 Å². The summed E-state index contributed by atoms with van der Waals surface area (Å²) in [5.41, 5.74) is 2.32. The molecule has 0 fully saturated rings. The standard InChI is InChI=1S/C23H24N2O6/c1-29-22(27)19-14-31-15-25(20(19)23(28)30-2)18-10-8-17(9-11-18)21(26)24-13-12-16-6-4-3-5-7-16/h3-11H,12-15H2,1-2H3,(H,24,26). The lowest BCUT2D eigenvalue weighted by atomic mass is 10.1. The molecule has 0 aliphatic carbocycles. The van der Waals surface area contributed by atoms with Gasteiger partial charge in [-0.15, -0.1) is 0 Å². The number of carbonyl (C=O) groups is 3. The van der Waals surface area contributed by atoms with Gasteiger partial charge in [0, 0.05) is 17.8 Å². The summed E-state index contributed by atoms with van der Waals surface area (Å²) in [5, 5.41) is 2.89. The SMILES string of the molecule is COC(=O)C1=C(C(=O)OC)N(c2ccc(C(=O)NCCc3ccccc3)cc2)COC1. The zero-order valence-electron chi connectivity index (χ0n) is 17.4. The van der Waals surface area contributed by atoms with Gasteiger partial charge in [0.25, 0.3) is 5.91 Å². The van der Waals surface area contributed by atoms with Gasteiger partial charge in [0.1, 0.15) is 12.4 Å². The molecule has 31 heavy (non-hydrogen) atoms. The van der Waals surface area contributed by atoms with E-state index in [1.165, 1.54) is 19.1 Å². The maximum absolute atomic E-state index is 12.4. The number of carbonyl (C=O) groups excluding carboxylic acids is 3. The van der Waals surface area contributed by atoms with Crippen LogP contribution in [0.5, 0.6) is 0 Å². The summed E-state index contributed by atoms with van der Waals surface area (Å²) in [6.45, 7) is 0.505. The van der Waals surface area contributed by atoms with E-state index in [9.17, 15) is 14.4 Å². The average molecular weight is 424 g/mol. The number of anilines is 1. The fourth-order valence-corrected chi connectivity index (χ4v) is 3.21. The lowest BCUT2D eigenvalue weighted by Crippen LogP contribution is -2.38. The fourth-order valence-electron chi connectivity index (χ4n) is 3.21. The highest BCUT2D eigenvalue weighted by molar-refractivity contribution is 6.03. The van der Waals surface area contributed by atoms with Gasteiger partial charge in [-0.2, -0.15) is 0 Å². The second-order valence-corrected chi connectivity index (χ2v) is 6.75. The van der Waals surface area contributed by atoms with Gasteiger partial charge in [0.15, 0.2) is 0 Å². The molecule has 0 aromatic heterocycles. The smallest absolute Gasteiger partial charge is 0.355 e. The maximum Gasteiger partial charge on any atom is 0.355 e. The lowest BCUT2D eigenvalue weighted by molar-refractivity contribution is -0.140. The van der Waals surface area contributed by atoms with Gasteiger partial charge in [-0.25, -0.2) is 9.59 Å². The molecule has 1 heterocycles. The van der Waals surface area contributed by atoms with Crippen molar-refractivity contribution in [3.8, 4) is 0 Å². The fraction of sp³-hybridized carbons (Fsp3) is 0.261. The summed E-state index contributed by atoms with van der Waals surface area (Å²) in [6, 6.07) is 16.5. The minimum atomic E-state index is -0.675. The highest BCUT2D eigenvalue weighted by Crippen LogP contribution is 2.27. The van der Waals surface area contributed by atoms with Crippen LogP contribution in [-0.2, 0) is 30.2 Å². The first-order chi connectivity index (χ1) is 15.0. The van der Waals surface area contributed by atoms with Crippen molar-refractivity contribution < 1.29 is 28.6 Å². The highest BCUT2D eigenvalue weighted by atomic mass is 16.5. The Bertz CT molecular complexity index is 969. The first-order valence-electron chi connectivity index (χ1n) is 9.72. The molecule has 1 aliphatic heterocycles.